The summed E-state index contributed by atoms with van der Waals surface area (Å²) in [5.41, 5.74) is 10.9. The summed E-state index contributed by atoms with van der Waals surface area (Å²) in [5.74, 6) is -0.863. The van der Waals surface area contributed by atoms with E-state index < -0.39 is 24.2 Å². The van der Waals surface area contributed by atoms with Crippen LogP contribution in [0, 0.1) is 11.8 Å². The van der Waals surface area contributed by atoms with Gasteiger partial charge in [-0.1, -0.05) is 65.8 Å². The lowest BCUT2D eigenvalue weighted by Gasteiger charge is -2.37. The lowest BCUT2D eigenvalue weighted by Crippen LogP contribution is -2.49. The van der Waals surface area contributed by atoms with E-state index in [1.54, 1.807) is 6.92 Å². The highest BCUT2D eigenvalue weighted by molar-refractivity contribution is 5.77. The Morgan fingerprint density at radius 2 is 1.59 bits per heavy atom. The molecule has 6 atom stereocenters. The number of carbonyl (C=O) groups excluding carboxylic acids is 1. The molecular formula is C24H27N3O5. The molecule has 0 aromatic heterocycles. The van der Waals surface area contributed by atoms with Crippen molar-refractivity contribution >= 4 is 5.97 Å². The lowest BCUT2D eigenvalue weighted by atomic mass is 9.99. The minimum atomic E-state index is -0.518. The molecule has 1 saturated carbocycles. The Labute approximate surface area is 187 Å². The molecule has 8 heteroatoms. The van der Waals surface area contributed by atoms with Crippen LogP contribution in [0.15, 0.2) is 65.8 Å². The summed E-state index contributed by atoms with van der Waals surface area (Å²) in [5, 5.41) is 3.72. The molecular weight excluding hydrogens is 410 g/mol. The Morgan fingerprint density at radius 3 is 2.16 bits per heavy atom. The van der Waals surface area contributed by atoms with E-state index in [1.807, 2.05) is 60.7 Å². The third-order valence-electron chi connectivity index (χ3n) is 5.86. The van der Waals surface area contributed by atoms with Crippen molar-refractivity contribution < 1.29 is 23.7 Å². The standard InChI is InChI=1S/C24H27N3O5/c1-2-29-24(28)20-19-22(20)32-18(13-26-27-25)21(30-14-16-9-5-3-6-10-16)23(19)31-15-17-11-7-4-8-12-17/h3-12,18-23H,2,13-15H2,1H3/t18-,19+,20+,21-,22+,23-/m1/s1. The quantitative estimate of drug-likeness (QED) is 0.241. The van der Waals surface area contributed by atoms with E-state index in [2.05, 4.69) is 10.0 Å². The van der Waals surface area contributed by atoms with Gasteiger partial charge in [-0.15, -0.1) is 0 Å². The van der Waals surface area contributed by atoms with Crippen LogP contribution in [0.3, 0.4) is 0 Å². The predicted molar refractivity (Wildman–Crippen MR) is 116 cm³/mol. The first-order valence-corrected chi connectivity index (χ1v) is 10.9. The molecule has 2 aliphatic rings. The molecule has 0 spiro atoms. The second kappa shape index (κ2) is 10.6. The summed E-state index contributed by atoms with van der Waals surface area (Å²) in [6.07, 6.45) is -1.74. The number of nitrogens with zero attached hydrogens (tertiary/aromatic N) is 3. The topological polar surface area (TPSA) is 103 Å². The van der Waals surface area contributed by atoms with Crippen molar-refractivity contribution in [3.63, 3.8) is 0 Å². The molecule has 1 aliphatic carbocycles. The van der Waals surface area contributed by atoms with Crippen molar-refractivity contribution in [2.24, 2.45) is 17.0 Å². The monoisotopic (exact) mass is 437 g/mol. The van der Waals surface area contributed by atoms with Gasteiger partial charge in [0.2, 0.25) is 0 Å². The van der Waals surface area contributed by atoms with Crippen LogP contribution in [-0.2, 0) is 37.0 Å². The number of ether oxygens (including phenoxy) is 4. The van der Waals surface area contributed by atoms with Gasteiger partial charge < -0.3 is 18.9 Å². The Bertz CT molecular complexity index is 935. The van der Waals surface area contributed by atoms with E-state index in [9.17, 15) is 4.79 Å². The van der Waals surface area contributed by atoms with Crippen LogP contribution in [0.5, 0.6) is 0 Å². The summed E-state index contributed by atoms with van der Waals surface area (Å²) in [6, 6.07) is 19.6. The average Bonchev–Trinajstić information content (AvgIpc) is 3.55. The average molecular weight is 437 g/mol. The van der Waals surface area contributed by atoms with Gasteiger partial charge in [-0.25, -0.2) is 0 Å². The van der Waals surface area contributed by atoms with E-state index >= 15 is 0 Å². The molecule has 2 aromatic rings. The fourth-order valence-electron chi connectivity index (χ4n) is 4.32. The van der Waals surface area contributed by atoms with Gasteiger partial charge in [0, 0.05) is 10.8 Å². The molecule has 2 fully saturated rings. The molecule has 0 radical (unpaired) electrons. The fourth-order valence-corrected chi connectivity index (χ4v) is 4.32. The minimum Gasteiger partial charge on any atom is -0.466 e. The van der Waals surface area contributed by atoms with Crippen molar-refractivity contribution in [1.29, 1.82) is 0 Å². The van der Waals surface area contributed by atoms with Gasteiger partial charge in [0.05, 0.1) is 50.6 Å². The highest BCUT2D eigenvalue weighted by Crippen LogP contribution is 2.52. The maximum absolute atomic E-state index is 12.5. The Morgan fingerprint density at radius 1 is 1.00 bits per heavy atom. The van der Waals surface area contributed by atoms with Crippen molar-refractivity contribution in [3.05, 3.63) is 82.2 Å². The largest absolute Gasteiger partial charge is 0.466 e. The van der Waals surface area contributed by atoms with Gasteiger partial charge in [0.1, 0.15) is 6.10 Å². The van der Waals surface area contributed by atoms with Gasteiger partial charge in [0.25, 0.3) is 0 Å². The number of fused-ring (bicyclic) bond motifs is 1. The van der Waals surface area contributed by atoms with Crippen molar-refractivity contribution in [1.82, 2.24) is 0 Å². The Balaban J connectivity index is 1.56. The summed E-state index contributed by atoms with van der Waals surface area (Å²) < 4.78 is 24.0. The molecule has 8 nitrogen and oxygen atoms in total. The van der Waals surface area contributed by atoms with Crippen LogP contribution >= 0.6 is 0 Å². The van der Waals surface area contributed by atoms with Gasteiger partial charge in [-0.05, 0) is 23.6 Å². The van der Waals surface area contributed by atoms with E-state index in [4.69, 9.17) is 24.5 Å². The van der Waals surface area contributed by atoms with Crippen LogP contribution in [0.4, 0.5) is 0 Å². The van der Waals surface area contributed by atoms with E-state index in [1.165, 1.54) is 0 Å². The normalized spacial score (nSPS) is 28.3. The van der Waals surface area contributed by atoms with Gasteiger partial charge in [0.15, 0.2) is 0 Å². The van der Waals surface area contributed by atoms with Crippen LogP contribution in [-0.4, -0.2) is 43.5 Å². The Hall–Kier alpha value is -2.90. The van der Waals surface area contributed by atoms with E-state index in [-0.39, 0.29) is 24.5 Å². The zero-order valence-corrected chi connectivity index (χ0v) is 17.9. The van der Waals surface area contributed by atoms with Crippen LogP contribution < -0.4 is 0 Å². The summed E-state index contributed by atoms with van der Waals surface area (Å²) >= 11 is 0. The number of rotatable bonds is 10. The molecule has 1 saturated heterocycles. The molecule has 0 N–H and O–H groups in total. The first kappa shape index (κ1) is 22.3. The zero-order chi connectivity index (χ0) is 22.3. The molecule has 4 rings (SSSR count). The maximum atomic E-state index is 12.5. The van der Waals surface area contributed by atoms with Gasteiger partial charge in [-0.2, -0.15) is 0 Å². The first-order chi connectivity index (χ1) is 15.7. The van der Waals surface area contributed by atoms with Crippen LogP contribution in [0.2, 0.25) is 0 Å². The predicted octanol–water partition coefficient (Wildman–Crippen LogP) is 4.04. The lowest BCUT2D eigenvalue weighted by molar-refractivity contribution is -0.184. The second-order valence-electron chi connectivity index (χ2n) is 7.93. The van der Waals surface area contributed by atoms with Crippen molar-refractivity contribution in [2.45, 2.75) is 44.6 Å². The third kappa shape index (κ3) is 5.11. The number of benzene rings is 2. The zero-order valence-electron chi connectivity index (χ0n) is 17.9. The Kier molecular flexibility index (Phi) is 7.39. The smallest absolute Gasteiger partial charge is 0.312 e. The molecule has 0 unspecified atom stereocenters. The molecule has 1 heterocycles. The number of hydrogen-bond donors (Lipinski definition) is 0. The SMILES string of the molecule is CCOC(=O)[C@@H]1[C@H]2O[C@H](CN=[N+]=[N-])[C@@H](OCc3ccccc3)[C@H](OCc3ccccc3)[C@H]21. The fraction of sp³-hybridized carbons (Fsp3) is 0.458. The number of hydrogen-bond acceptors (Lipinski definition) is 6. The number of azide groups is 1. The molecule has 1 aliphatic heterocycles. The van der Waals surface area contributed by atoms with E-state index in [0.717, 1.165) is 11.1 Å². The van der Waals surface area contributed by atoms with E-state index in [0.29, 0.717) is 19.8 Å². The van der Waals surface area contributed by atoms with Crippen LogP contribution in [0.25, 0.3) is 10.4 Å². The summed E-state index contributed by atoms with van der Waals surface area (Å²) in [7, 11) is 0. The second-order valence-corrected chi connectivity index (χ2v) is 7.93. The van der Waals surface area contributed by atoms with Crippen molar-refractivity contribution in [2.75, 3.05) is 13.2 Å². The van der Waals surface area contributed by atoms with Crippen LogP contribution in [0.1, 0.15) is 18.1 Å². The number of esters is 1. The molecule has 32 heavy (non-hydrogen) atoms. The van der Waals surface area contributed by atoms with Crippen molar-refractivity contribution in [3.8, 4) is 0 Å². The van der Waals surface area contributed by atoms with Gasteiger partial charge in [-0.3, -0.25) is 4.79 Å². The maximum Gasteiger partial charge on any atom is 0.312 e. The molecule has 0 amide bonds. The third-order valence-corrected chi connectivity index (χ3v) is 5.86. The number of carbonyl (C=O) groups is 1. The molecule has 2 aromatic carbocycles. The molecule has 0 bridgehead atoms. The highest BCUT2D eigenvalue weighted by atomic mass is 16.6. The van der Waals surface area contributed by atoms with Gasteiger partial charge >= 0.3 is 5.97 Å². The minimum absolute atomic E-state index is 0.0971. The molecule has 168 valence electrons. The highest BCUT2D eigenvalue weighted by Gasteiger charge is 2.67. The first-order valence-electron chi connectivity index (χ1n) is 10.9. The summed E-state index contributed by atoms with van der Waals surface area (Å²) in [6.45, 7) is 2.92. The summed E-state index contributed by atoms with van der Waals surface area (Å²) in [4.78, 5) is 15.4.